The molecule has 2 unspecified atom stereocenters. The average molecular weight is 223 g/mol. The Balaban J connectivity index is 2.53. The molecule has 2 atom stereocenters. The summed E-state index contributed by atoms with van der Waals surface area (Å²) < 4.78 is 0. The van der Waals surface area contributed by atoms with E-state index in [4.69, 9.17) is 0 Å². The van der Waals surface area contributed by atoms with Gasteiger partial charge in [0, 0.05) is 12.1 Å². The van der Waals surface area contributed by atoms with Gasteiger partial charge in [0.2, 0.25) is 0 Å². The quantitative estimate of drug-likeness (QED) is 0.616. The third-order valence-corrected chi connectivity index (χ3v) is 2.86. The molecule has 0 aliphatic rings. The molecule has 0 fully saturated rings. The lowest BCUT2D eigenvalue weighted by atomic mass is 9.97. The van der Waals surface area contributed by atoms with Crippen molar-refractivity contribution in [3.8, 4) is 0 Å². The topological polar surface area (TPSA) is 63.4 Å². The van der Waals surface area contributed by atoms with Gasteiger partial charge in [-0.15, -0.1) is 0 Å². The summed E-state index contributed by atoms with van der Waals surface area (Å²) in [4.78, 5) is 10.0. The van der Waals surface area contributed by atoms with Crippen LogP contribution in [-0.2, 0) is 6.42 Å². The predicted molar refractivity (Wildman–Crippen MR) is 62.3 cm³/mol. The minimum absolute atomic E-state index is 0.118. The number of hydrogen-bond donors (Lipinski definition) is 1. The lowest BCUT2D eigenvalue weighted by molar-refractivity contribution is -0.384. The molecule has 0 saturated carbocycles. The summed E-state index contributed by atoms with van der Waals surface area (Å²) in [7, 11) is 0. The highest BCUT2D eigenvalue weighted by atomic mass is 16.6. The first-order valence-corrected chi connectivity index (χ1v) is 5.42. The molecule has 0 aliphatic heterocycles. The number of aliphatic hydroxyl groups excluding tert-OH is 1. The monoisotopic (exact) mass is 223 g/mol. The Labute approximate surface area is 95.1 Å². The fraction of sp³-hybridized carbons (Fsp3) is 0.500. The maximum Gasteiger partial charge on any atom is 0.269 e. The Morgan fingerprint density at radius 1 is 1.31 bits per heavy atom. The molecule has 0 amide bonds. The van der Waals surface area contributed by atoms with Gasteiger partial charge in [-0.1, -0.05) is 19.1 Å². The van der Waals surface area contributed by atoms with Crippen molar-refractivity contribution in [1.82, 2.24) is 0 Å². The van der Waals surface area contributed by atoms with E-state index in [1.165, 1.54) is 12.1 Å². The van der Waals surface area contributed by atoms with Gasteiger partial charge in [0.25, 0.3) is 5.69 Å². The summed E-state index contributed by atoms with van der Waals surface area (Å²) in [5.74, 6) is 0.246. The second-order valence-corrected chi connectivity index (χ2v) is 4.18. The van der Waals surface area contributed by atoms with E-state index in [1.807, 2.05) is 6.92 Å². The number of non-ortho nitro benzene ring substituents is 1. The minimum Gasteiger partial charge on any atom is -0.393 e. The molecular weight excluding hydrogens is 206 g/mol. The molecule has 0 radical (unpaired) electrons. The molecule has 0 heterocycles. The Morgan fingerprint density at radius 3 is 2.31 bits per heavy atom. The largest absolute Gasteiger partial charge is 0.393 e. The van der Waals surface area contributed by atoms with Crippen molar-refractivity contribution in [2.75, 3.05) is 0 Å². The number of aryl methyl sites for hydroxylation is 1. The van der Waals surface area contributed by atoms with Crippen LogP contribution in [0.25, 0.3) is 0 Å². The summed E-state index contributed by atoms with van der Waals surface area (Å²) in [6, 6.07) is 6.57. The number of aliphatic hydroxyl groups is 1. The van der Waals surface area contributed by atoms with Crippen LogP contribution in [-0.4, -0.2) is 16.1 Å². The normalized spacial score (nSPS) is 14.4. The van der Waals surface area contributed by atoms with Crippen molar-refractivity contribution in [2.24, 2.45) is 5.92 Å². The number of nitrogens with zero attached hydrogens (tertiary/aromatic N) is 1. The Morgan fingerprint density at radius 2 is 1.88 bits per heavy atom. The highest BCUT2D eigenvalue weighted by Gasteiger charge is 2.09. The van der Waals surface area contributed by atoms with Crippen LogP contribution >= 0.6 is 0 Å². The molecule has 0 bridgehead atoms. The first-order valence-electron chi connectivity index (χ1n) is 5.42. The summed E-state index contributed by atoms with van der Waals surface area (Å²) >= 11 is 0. The standard InChI is InChI=1S/C12H17NO3/c1-9(10(2)14)3-4-11-5-7-12(8-6-11)13(15)16/h5-10,14H,3-4H2,1-2H3. The number of nitro benzene ring substituents is 1. The van der Waals surface area contributed by atoms with Crippen LogP contribution in [0.1, 0.15) is 25.8 Å². The Hall–Kier alpha value is -1.42. The molecular formula is C12H17NO3. The van der Waals surface area contributed by atoms with E-state index in [9.17, 15) is 15.2 Å². The van der Waals surface area contributed by atoms with Gasteiger partial charge in [-0.2, -0.15) is 0 Å². The molecule has 4 nitrogen and oxygen atoms in total. The number of rotatable bonds is 5. The van der Waals surface area contributed by atoms with Gasteiger partial charge >= 0.3 is 0 Å². The van der Waals surface area contributed by atoms with Crippen LogP contribution in [0.15, 0.2) is 24.3 Å². The van der Waals surface area contributed by atoms with Gasteiger partial charge in [0.1, 0.15) is 0 Å². The van der Waals surface area contributed by atoms with Crippen molar-refractivity contribution in [3.63, 3.8) is 0 Å². The average Bonchev–Trinajstić information content (AvgIpc) is 2.26. The molecule has 0 aliphatic carbocycles. The van der Waals surface area contributed by atoms with Gasteiger partial charge in [0.15, 0.2) is 0 Å². The third-order valence-electron chi connectivity index (χ3n) is 2.86. The van der Waals surface area contributed by atoms with E-state index in [0.29, 0.717) is 0 Å². The van der Waals surface area contributed by atoms with E-state index in [0.717, 1.165) is 18.4 Å². The van der Waals surface area contributed by atoms with Gasteiger partial charge in [-0.25, -0.2) is 0 Å². The van der Waals surface area contributed by atoms with Gasteiger partial charge < -0.3 is 5.11 Å². The predicted octanol–water partition coefficient (Wildman–Crippen LogP) is 2.54. The summed E-state index contributed by atoms with van der Waals surface area (Å²) in [5.41, 5.74) is 1.19. The van der Waals surface area contributed by atoms with E-state index in [-0.39, 0.29) is 17.7 Å². The van der Waals surface area contributed by atoms with Crippen LogP contribution < -0.4 is 0 Å². The summed E-state index contributed by atoms with van der Waals surface area (Å²) in [6.45, 7) is 3.77. The maximum absolute atomic E-state index is 10.4. The van der Waals surface area contributed by atoms with Crippen molar-refractivity contribution < 1.29 is 10.0 Å². The van der Waals surface area contributed by atoms with Crippen molar-refractivity contribution in [1.29, 1.82) is 0 Å². The SMILES string of the molecule is CC(O)C(C)CCc1ccc([N+](=O)[O-])cc1. The fourth-order valence-corrected chi connectivity index (χ4v) is 1.42. The molecule has 1 aromatic rings. The van der Waals surface area contributed by atoms with Crippen molar-refractivity contribution in [2.45, 2.75) is 32.8 Å². The smallest absolute Gasteiger partial charge is 0.269 e. The van der Waals surface area contributed by atoms with Crippen molar-refractivity contribution in [3.05, 3.63) is 39.9 Å². The van der Waals surface area contributed by atoms with Crippen LogP contribution in [0.5, 0.6) is 0 Å². The number of hydrogen-bond acceptors (Lipinski definition) is 3. The zero-order chi connectivity index (χ0) is 12.1. The zero-order valence-electron chi connectivity index (χ0n) is 9.59. The van der Waals surface area contributed by atoms with Gasteiger partial charge in [0.05, 0.1) is 11.0 Å². The van der Waals surface area contributed by atoms with Gasteiger partial charge in [-0.3, -0.25) is 10.1 Å². The fourth-order valence-electron chi connectivity index (χ4n) is 1.42. The molecule has 0 saturated heterocycles. The molecule has 88 valence electrons. The second-order valence-electron chi connectivity index (χ2n) is 4.18. The van der Waals surface area contributed by atoms with Crippen LogP contribution in [0, 0.1) is 16.0 Å². The van der Waals surface area contributed by atoms with Crippen LogP contribution in [0.3, 0.4) is 0 Å². The number of nitro groups is 1. The molecule has 1 aromatic carbocycles. The molecule has 1 N–H and O–H groups in total. The zero-order valence-corrected chi connectivity index (χ0v) is 9.59. The lowest BCUT2D eigenvalue weighted by Crippen LogP contribution is -2.13. The highest BCUT2D eigenvalue weighted by Crippen LogP contribution is 2.16. The first kappa shape index (κ1) is 12.6. The van der Waals surface area contributed by atoms with E-state index < -0.39 is 4.92 Å². The maximum atomic E-state index is 10.4. The van der Waals surface area contributed by atoms with Crippen molar-refractivity contribution >= 4 is 5.69 Å². The molecule has 4 heteroatoms. The lowest BCUT2D eigenvalue weighted by Gasteiger charge is -2.13. The Kier molecular flexibility index (Phi) is 4.43. The summed E-state index contributed by atoms with van der Waals surface area (Å²) in [6.07, 6.45) is 1.41. The van der Waals surface area contributed by atoms with E-state index >= 15 is 0 Å². The molecule has 0 aromatic heterocycles. The third kappa shape index (κ3) is 3.62. The van der Waals surface area contributed by atoms with Crippen LogP contribution in [0.4, 0.5) is 5.69 Å². The highest BCUT2D eigenvalue weighted by molar-refractivity contribution is 5.32. The van der Waals surface area contributed by atoms with E-state index in [2.05, 4.69) is 0 Å². The minimum atomic E-state index is -0.401. The molecule has 16 heavy (non-hydrogen) atoms. The summed E-state index contributed by atoms with van der Waals surface area (Å²) in [5, 5.41) is 19.8. The first-order chi connectivity index (χ1) is 7.50. The number of benzene rings is 1. The van der Waals surface area contributed by atoms with E-state index in [1.54, 1.807) is 19.1 Å². The van der Waals surface area contributed by atoms with Crippen LogP contribution in [0.2, 0.25) is 0 Å². The second kappa shape index (κ2) is 5.61. The van der Waals surface area contributed by atoms with Gasteiger partial charge in [-0.05, 0) is 31.2 Å². The molecule has 1 rings (SSSR count). The Bertz CT molecular complexity index is 346. The molecule has 0 spiro atoms.